The number of nitrogens with one attached hydrogen (secondary N) is 1. The second-order valence-electron chi connectivity index (χ2n) is 16.3. The van der Waals surface area contributed by atoms with Crippen LogP contribution in [0, 0.1) is 0 Å². The van der Waals surface area contributed by atoms with Gasteiger partial charge in [-0.15, -0.1) is 0 Å². The average Bonchev–Trinajstić information content (AvgIpc) is 3.84. The molecule has 2 aliphatic carbocycles. The molecule has 0 saturated carbocycles. The third-order valence-corrected chi connectivity index (χ3v) is 11.7. The monoisotopic (exact) mass is 820 g/mol. The Labute approximate surface area is 356 Å². The number of allylic oxidation sites excluding steroid dienone is 2. The van der Waals surface area contributed by atoms with E-state index in [-0.39, 0.29) is 12.2 Å². The zero-order valence-corrected chi connectivity index (χ0v) is 35.5. The Hall–Kier alpha value is -6.24. The second-order valence-corrected chi connectivity index (χ2v) is 16.3. The van der Waals surface area contributed by atoms with Crippen LogP contribution in [0.15, 0.2) is 84.5 Å². The summed E-state index contributed by atoms with van der Waals surface area (Å²) in [4.78, 5) is 20.0. The molecule has 0 unspecified atom stereocenters. The van der Waals surface area contributed by atoms with E-state index in [1.807, 2.05) is 36.4 Å². The van der Waals surface area contributed by atoms with Gasteiger partial charge >= 0.3 is 0 Å². The molecule has 2 saturated heterocycles. The number of rotatable bonds is 10. The van der Waals surface area contributed by atoms with E-state index in [0.29, 0.717) is 34.8 Å². The number of piperidine rings is 2. The summed E-state index contributed by atoms with van der Waals surface area (Å²) in [5.74, 6) is 5.28. The molecule has 12 nitrogen and oxygen atoms in total. The molecule has 2 fully saturated rings. The van der Waals surface area contributed by atoms with Crippen molar-refractivity contribution in [2.45, 2.75) is 64.6 Å². The van der Waals surface area contributed by atoms with Crippen molar-refractivity contribution in [3.63, 3.8) is 0 Å². The molecule has 2 aromatic heterocycles. The van der Waals surface area contributed by atoms with Gasteiger partial charge in [0.25, 0.3) is 0 Å². The molecule has 61 heavy (non-hydrogen) atoms. The molecular weight excluding hydrogens is 769 g/mol. The van der Waals surface area contributed by atoms with Crippen molar-refractivity contribution < 1.29 is 28.4 Å². The van der Waals surface area contributed by atoms with Gasteiger partial charge in [0.15, 0.2) is 23.0 Å². The van der Waals surface area contributed by atoms with Crippen molar-refractivity contribution in [3.8, 4) is 46.3 Å². The molecule has 4 heterocycles. The Morgan fingerprint density at radius 3 is 1.52 bits per heavy atom. The van der Waals surface area contributed by atoms with Gasteiger partial charge in [0, 0.05) is 25.2 Å². The quantitative estimate of drug-likeness (QED) is 0.142. The number of benzene rings is 4. The van der Waals surface area contributed by atoms with Gasteiger partial charge in [-0.1, -0.05) is 35.4 Å². The highest BCUT2D eigenvalue weighted by atomic mass is 16.5. The number of fused-ring (bicyclic) bond motifs is 4. The third-order valence-electron chi connectivity index (χ3n) is 11.7. The lowest BCUT2D eigenvalue weighted by Gasteiger charge is -2.29. The molecular formula is C49H52N6O6. The van der Waals surface area contributed by atoms with Gasteiger partial charge in [-0.3, -0.25) is 0 Å². The number of hydrogen-bond donors (Lipinski definition) is 1. The fourth-order valence-corrected chi connectivity index (χ4v) is 8.44. The predicted octanol–water partition coefficient (Wildman–Crippen LogP) is 9.38. The van der Waals surface area contributed by atoms with Gasteiger partial charge in [0.05, 0.1) is 36.0 Å². The largest absolute Gasteiger partial charge is 0.493 e. The lowest BCUT2D eigenvalue weighted by molar-refractivity contribution is 0.111. The molecule has 4 aromatic carbocycles. The van der Waals surface area contributed by atoms with E-state index in [4.69, 9.17) is 28.4 Å². The summed E-state index contributed by atoms with van der Waals surface area (Å²) in [5.41, 5.74) is 9.33. The lowest BCUT2D eigenvalue weighted by Crippen LogP contribution is -2.35. The van der Waals surface area contributed by atoms with Crippen LogP contribution in [0.1, 0.15) is 61.8 Å². The van der Waals surface area contributed by atoms with Gasteiger partial charge < -0.3 is 38.6 Å². The van der Waals surface area contributed by atoms with Gasteiger partial charge in [0.1, 0.15) is 36.4 Å². The van der Waals surface area contributed by atoms with E-state index < -0.39 is 0 Å². The maximum atomic E-state index is 6.29. The van der Waals surface area contributed by atoms with E-state index in [1.54, 1.807) is 14.2 Å². The van der Waals surface area contributed by atoms with Gasteiger partial charge in [-0.25, -0.2) is 19.9 Å². The fourth-order valence-electron chi connectivity index (χ4n) is 8.44. The number of methoxy groups -OCH3 is 2. The van der Waals surface area contributed by atoms with Crippen LogP contribution in [0.4, 0.5) is 0 Å². The first-order valence-corrected chi connectivity index (χ1v) is 21.1. The summed E-state index contributed by atoms with van der Waals surface area (Å²) in [6, 6.07) is 20.0. The highest BCUT2D eigenvalue weighted by Crippen LogP contribution is 2.40. The van der Waals surface area contributed by atoms with Crippen LogP contribution in [0.2, 0.25) is 0 Å². The molecule has 0 spiro atoms. The zero-order chi connectivity index (χ0) is 41.9. The molecule has 4 aliphatic rings. The molecule has 0 amide bonds. The van der Waals surface area contributed by atoms with Gasteiger partial charge in [-0.05, 0) is 131 Å². The topological polar surface area (TPSA) is 122 Å². The van der Waals surface area contributed by atoms with Crippen molar-refractivity contribution in [1.82, 2.24) is 30.2 Å². The summed E-state index contributed by atoms with van der Waals surface area (Å²) in [7, 11) is 5.45. The van der Waals surface area contributed by atoms with Gasteiger partial charge in [0.2, 0.25) is 11.8 Å². The van der Waals surface area contributed by atoms with Crippen molar-refractivity contribution in [3.05, 3.63) is 107 Å². The molecule has 12 heteroatoms. The smallest absolute Gasteiger partial charge is 0.230 e. The summed E-state index contributed by atoms with van der Waals surface area (Å²) in [5, 5.41) is 4.94. The minimum Gasteiger partial charge on any atom is -0.493 e. The molecule has 2 aliphatic heterocycles. The Morgan fingerprint density at radius 2 is 1.05 bits per heavy atom. The zero-order valence-electron chi connectivity index (χ0n) is 35.5. The normalized spacial score (nSPS) is 16.5. The van der Waals surface area contributed by atoms with Crippen LogP contribution in [0.3, 0.4) is 0 Å². The van der Waals surface area contributed by atoms with Crippen molar-refractivity contribution >= 4 is 34.0 Å². The van der Waals surface area contributed by atoms with Crippen LogP contribution >= 0.6 is 0 Å². The Bertz CT molecular complexity index is 2630. The van der Waals surface area contributed by atoms with Crippen LogP contribution in [0.25, 0.3) is 34.0 Å². The first-order valence-electron chi connectivity index (χ1n) is 21.1. The molecule has 0 atom stereocenters. The summed E-state index contributed by atoms with van der Waals surface area (Å²) in [6.45, 7) is 8.31. The minimum atomic E-state index is 0.179. The first kappa shape index (κ1) is 40.2. The molecule has 1 N–H and O–H groups in total. The van der Waals surface area contributed by atoms with E-state index in [1.165, 1.54) is 46.1 Å². The Kier molecular flexibility index (Phi) is 11.7. The SMILES string of the molecule is COc1cc2c(Oc3ccc4c(c3)C=C(C)C4)ncnc2cc1OC1CCN(C)CC1.COc1cc2c(Oc3ccc4c(c3)C=C(C)C4)ncnc2cc1OC1CCNCC1. The molecule has 10 rings (SSSR count). The highest BCUT2D eigenvalue weighted by Gasteiger charge is 2.23. The number of ether oxygens (including phenoxy) is 6. The van der Waals surface area contributed by atoms with Crippen LogP contribution < -0.4 is 33.7 Å². The van der Waals surface area contributed by atoms with Crippen molar-refractivity contribution in [2.75, 3.05) is 47.4 Å². The van der Waals surface area contributed by atoms with E-state index in [9.17, 15) is 0 Å². The van der Waals surface area contributed by atoms with Crippen molar-refractivity contribution in [2.24, 2.45) is 0 Å². The Morgan fingerprint density at radius 1 is 0.574 bits per heavy atom. The van der Waals surface area contributed by atoms with Crippen LogP contribution in [-0.2, 0) is 12.8 Å². The number of hydrogen-bond acceptors (Lipinski definition) is 12. The maximum absolute atomic E-state index is 6.29. The minimum absolute atomic E-state index is 0.179. The second kappa shape index (κ2) is 17.8. The van der Waals surface area contributed by atoms with Gasteiger partial charge in [-0.2, -0.15) is 0 Å². The molecule has 314 valence electrons. The standard InChI is InChI=1S/C25H27N3O3.C24H25N3O3/c1-16-10-17-4-5-20(12-18(17)11-16)31-25-21-13-23(29-3)24(14-22(21)26-15-27-25)30-19-6-8-28(2)9-7-19;1-15-9-16-3-4-19(11-17(16)10-15)30-24-20-12-22(28-2)23(13-21(20)26-14-27-24)29-18-5-7-25-8-6-18/h4-5,11-15,19H,6-10H2,1-3H3;3-4,10-14,18,25H,5-9H2,1-2H3. The highest BCUT2D eigenvalue weighted by molar-refractivity contribution is 5.88. The average molecular weight is 821 g/mol. The molecule has 0 bridgehead atoms. The predicted molar refractivity (Wildman–Crippen MR) is 238 cm³/mol. The summed E-state index contributed by atoms with van der Waals surface area (Å²) < 4.78 is 36.1. The summed E-state index contributed by atoms with van der Waals surface area (Å²) >= 11 is 0. The fraction of sp³-hybridized carbons (Fsp3) is 0.347. The molecule has 0 radical (unpaired) electrons. The Balaban J connectivity index is 0.000000156. The maximum Gasteiger partial charge on any atom is 0.230 e. The molecule has 6 aromatic rings. The van der Waals surface area contributed by atoms with E-state index >= 15 is 0 Å². The van der Waals surface area contributed by atoms with Crippen LogP contribution in [0.5, 0.6) is 46.3 Å². The lowest BCUT2D eigenvalue weighted by atomic mass is 10.1. The summed E-state index contributed by atoms with van der Waals surface area (Å²) in [6.07, 6.45) is 13.8. The third kappa shape index (κ3) is 9.11. The first-order chi connectivity index (χ1) is 29.8. The van der Waals surface area contributed by atoms with Crippen molar-refractivity contribution in [1.29, 1.82) is 0 Å². The number of aromatic nitrogens is 4. The van der Waals surface area contributed by atoms with E-state index in [0.717, 1.165) is 98.0 Å². The van der Waals surface area contributed by atoms with E-state index in [2.05, 4.69) is 87.5 Å². The number of nitrogens with zero attached hydrogens (tertiary/aromatic N) is 5. The van der Waals surface area contributed by atoms with Crippen LogP contribution in [-0.4, -0.2) is 84.5 Å². The number of likely N-dealkylation sites (tertiary alicyclic amines) is 1.